The van der Waals surface area contributed by atoms with Crippen molar-refractivity contribution >= 4 is 0 Å². The Morgan fingerprint density at radius 3 is 2.60 bits per heavy atom. The van der Waals surface area contributed by atoms with Crippen molar-refractivity contribution in [1.29, 1.82) is 0 Å². The van der Waals surface area contributed by atoms with Gasteiger partial charge in [0, 0.05) is 25.6 Å². The molecule has 0 radical (unpaired) electrons. The van der Waals surface area contributed by atoms with Crippen LogP contribution in [0, 0.1) is 5.82 Å². The van der Waals surface area contributed by atoms with E-state index < -0.39 is 0 Å². The summed E-state index contributed by atoms with van der Waals surface area (Å²) in [6, 6.07) is 16.5. The summed E-state index contributed by atoms with van der Waals surface area (Å²) in [5.41, 5.74) is 2.81. The molecule has 0 spiro atoms. The molecule has 1 heterocycles. The maximum absolute atomic E-state index is 13.0. The summed E-state index contributed by atoms with van der Waals surface area (Å²) in [7, 11) is 1.70. The Labute approximate surface area is 146 Å². The lowest BCUT2D eigenvalue weighted by Crippen LogP contribution is -2.27. The van der Waals surface area contributed by atoms with Crippen LogP contribution in [-0.2, 0) is 11.2 Å². The van der Waals surface area contributed by atoms with Crippen molar-refractivity contribution < 1.29 is 13.5 Å². The molecule has 0 aliphatic rings. The van der Waals surface area contributed by atoms with E-state index in [9.17, 15) is 4.39 Å². The van der Waals surface area contributed by atoms with Gasteiger partial charge in [-0.3, -0.25) is 0 Å². The second-order valence-electron chi connectivity index (χ2n) is 5.77. The maximum atomic E-state index is 13.0. The van der Waals surface area contributed by atoms with Crippen LogP contribution in [0.25, 0.3) is 11.5 Å². The highest BCUT2D eigenvalue weighted by atomic mass is 19.1. The number of methoxy groups -OCH3 is 1. The molecule has 0 bridgehead atoms. The molecular weight excluding hydrogens is 319 g/mol. The first-order valence-corrected chi connectivity index (χ1v) is 8.24. The monoisotopic (exact) mass is 340 g/mol. The van der Waals surface area contributed by atoms with Crippen LogP contribution in [0.5, 0.6) is 0 Å². The van der Waals surface area contributed by atoms with Crippen molar-refractivity contribution in [2.24, 2.45) is 0 Å². The number of aromatic nitrogens is 1. The quantitative estimate of drug-likeness (QED) is 0.673. The lowest BCUT2D eigenvalue weighted by Gasteiger charge is -2.18. The Hall–Kier alpha value is -2.50. The van der Waals surface area contributed by atoms with Gasteiger partial charge in [-0.15, -0.1) is 0 Å². The number of oxazole rings is 1. The van der Waals surface area contributed by atoms with Gasteiger partial charge in [0.25, 0.3) is 0 Å². The topological polar surface area (TPSA) is 47.3 Å². The Morgan fingerprint density at radius 2 is 1.88 bits per heavy atom. The fourth-order valence-electron chi connectivity index (χ4n) is 2.65. The summed E-state index contributed by atoms with van der Waals surface area (Å²) >= 11 is 0. The third-order valence-corrected chi connectivity index (χ3v) is 3.95. The standard InChI is InChI=1S/C20H21FN2O2/c1-24-14-19(15-5-3-2-4-6-15)22-12-11-18-13-25-20(23-18)16-7-9-17(21)10-8-16/h2-10,13,19,22H,11-12,14H2,1H3/t19-/m0/s1. The van der Waals surface area contributed by atoms with Crippen LogP contribution in [0.2, 0.25) is 0 Å². The van der Waals surface area contributed by atoms with E-state index in [0.717, 1.165) is 24.2 Å². The second-order valence-corrected chi connectivity index (χ2v) is 5.77. The first-order chi connectivity index (χ1) is 12.3. The minimum Gasteiger partial charge on any atom is -0.444 e. The van der Waals surface area contributed by atoms with Gasteiger partial charge in [-0.05, 0) is 29.8 Å². The normalized spacial score (nSPS) is 12.2. The zero-order chi connectivity index (χ0) is 17.5. The highest BCUT2D eigenvalue weighted by molar-refractivity contribution is 5.52. The predicted molar refractivity (Wildman–Crippen MR) is 94.7 cm³/mol. The Morgan fingerprint density at radius 1 is 1.12 bits per heavy atom. The number of halogens is 1. The van der Waals surface area contributed by atoms with E-state index in [0.29, 0.717) is 12.5 Å². The first-order valence-electron chi connectivity index (χ1n) is 8.24. The van der Waals surface area contributed by atoms with Crippen molar-refractivity contribution in [2.75, 3.05) is 20.3 Å². The molecule has 0 amide bonds. The van der Waals surface area contributed by atoms with Crippen LogP contribution in [0.15, 0.2) is 65.3 Å². The van der Waals surface area contributed by atoms with Gasteiger partial charge < -0.3 is 14.5 Å². The molecule has 3 aromatic rings. The van der Waals surface area contributed by atoms with Gasteiger partial charge in [0.05, 0.1) is 18.3 Å². The Bertz CT molecular complexity index is 772. The van der Waals surface area contributed by atoms with E-state index in [1.54, 1.807) is 25.5 Å². The molecule has 130 valence electrons. The van der Waals surface area contributed by atoms with Gasteiger partial charge in [0.2, 0.25) is 5.89 Å². The molecule has 1 atom stereocenters. The third-order valence-electron chi connectivity index (χ3n) is 3.95. The molecule has 0 aliphatic heterocycles. The SMILES string of the molecule is COC[C@H](NCCc1coc(-c2ccc(F)cc2)n1)c1ccccc1. The molecule has 0 aliphatic carbocycles. The van der Waals surface area contributed by atoms with E-state index in [-0.39, 0.29) is 11.9 Å². The van der Waals surface area contributed by atoms with Crippen LogP contribution >= 0.6 is 0 Å². The minimum absolute atomic E-state index is 0.134. The molecule has 1 aromatic heterocycles. The molecule has 1 N–H and O–H groups in total. The van der Waals surface area contributed by atoms with Crippen LogP contribution < -0.4 is 5.32 Å². The molecule has 0 saturated heterocycles. The maximum Gasteiger partial charge on any atom is 0.226 e. The van der Waals surface area contributed by atoms with Crippen molar-refractivity contribution in [3.8, 4) is 11.5 Å². The van der Waals surface area contributed by atoms with Crippen molar-refractivity contribution in [2.45, 2.75) is 12.5 Å². The summed E-state index contributed by atoms with van der Waals surface area (Å²) < 4.78 is 23.8. The van der Waals surface area contributed by atoms with Crippen molar-refractivity contribution in [1.82, 2.24) is 10.3 Å². The van der Waals surface area contributed by atoms with Crippen molar-refractivity contribution in [3.63, 3.8) is 0 Å². The highest BCUT2D eigenvalue weighted by Gasteiger charge is 2.11. The first kappa shape index (κ1) is 17.3. The van der Waals surface area contributed by atoms with E-state index in [1.165, 1.54) is 17.7 Å². The van der Waals surface area contributed by atoms with E-state index in [2.05, 4.69) is 22.4 Å². The number of nitrogens with zero attached hydrogens (tertiary/aromatic N) is 1. The van der Waals surface area contributed by atoms with Crippen molar-refractivity contribution in [3.05, 3.63) is 77.9 Å². The average Bonchev–Trinajstić information content (AvgIpc) is 3.11. The number of hydrogen-bond acceptors (Lipinski definition) is 4. The fraction of sp³-hybridized carbons (Fsp3) is 0.250. The third kappa shape index (κ3) is 4.75. The smallest absolute Gasteiger partial charge is 0.226 e. The molecular formula is C20H21FN2O2. The molecule has 4 nitrogen and oxygen atoms in total. The van der Waals surface area contributed by atoms with Crippen LogP contribution in [0.4, 0.5) is 4.39 Å². The van der Waals surface area contributed by atoms with Gasteiger partial charge in [-0.1, -0.05) is 30.3 Å². The van der Waals surface area contributed by atoms with Gasteiger partial charge in [-0.25, -0.2) is 9.37 Å². The second kappa shape index (κ2) is 8.55. The summed E-state index contributed by atoms with van der Waals surface area (Å²) in [5.74, 6) is 0.233. The number of benzene rings is 2. The molecule has 0 unspecified atom stereocenters. The zero-order valence-corrected chi connectivity index (χ0v) is 14.1. The summed E-state index contributed by atoms with van der Waals surface area (Å²) in [6.45, 7) is 1.35. The van der Waals surface area contributed by atoms with Crippen LogP contribution in [0.1, 0.15) is 17.3 Å². The molecule has 3 rings (SSSR count). The number of rotatable bonds is 8. The summed E-state index contributed by atoms with van der Waals surface area (Å²) in [5, 5.41) is 3.49. The van der Waals surface area contributed by atoms with Gasteiger partial charge in [-0.2, -0.15) is 0 Å². The molecule has 0 fully saturated rings. The Kier molecular flexibility index (Phi) is 5.93. The Balaban J connectivity index is 1.57. The lowest BCUT2D eigenvalue weighted by atomic mass is 10.1. The molecule has 5 heteroatoms. The number of hydrogen-bond donors (Lipinski definition) is 1. The summed E-state index contributed by atoms with van der Waals surface area (Å²) in [4.78, 5) is 4.47. The number of nitrogens with one attached hydrogen (secondary N) is 1. The number of ether oxygens (including phenoxy) is 1. The molecule has 2 aromatic carbocycles. The molecule has 0 saturated carbocycles. The average molecular weight is 340 g/mol. The fourth-order valence-corrected chi connectivity index (χ4v) is 2.65. The van der Waals surface area contributed by atoms with Gasteiger partial charge in [0.1, 0.15) is 12.1 Å². The van der Waals surface area contributed by atoms with Crippen LogP contribution in [0.3, 0.4) is 0 Å². The largest absolute Gasteiger partial charge is 0.444 e. The molecule has 25 heavy (non-hydrogen) atoms. The van der Waals surface area contributed by atoms with E-state index >= 15 is 0 Å². The highest BCUT2D eigenvalue weighted by Crippen LogP contribution is 2.19. The summed E-state index contributed by atoms with van der Waals surface area (Å²) in [6.07, 6.45) is 2.38. The minimum atomic E-state index is -0.273. The van der Waals surface area contributed by atoms with Gasteiger partial charge >= 0.3 is 0 Å². The van der Waals surface area contributed by atoms with Crippen LogP contribution in [-0.4, -0.2) is 25.2 Å². The predicted octanol–water partition coefficient (Wildman–Crippen LogP) is 4.00. The lowest BCUT2D eigenvalue weighted by molar-refractivity contribution is 0.167. The zero-order valence-electron chi connectivity index (χ0n) is 14.1. The van der Waals surface area contributed by atoms with Gasteiger partial charge in [0.15, 0.2) is 0 Å². The van der Waals surface area contributed by atoms with E-state index in [4.69, 9.17) is 9.15 Å². The van der Waals surface area contributed by atoms with E-state index in [1.807, 2.05) is 18.2 Å².